The molecule has 13 aromatic rings. The van der Waals surface area contributed by atoms with Gasteiger partial charge in [0.1, 0.15) is 22.3 Å². The standard InChI is InChI=1S/C57H34N4O2/c1-3-14-35(15-4-1)37-27-30-49-45(32-37)41-19-8-11-23-48(41)61(49)47-22-10-7-18-40(47)38-28-31-51-46(33-38)54-44(21-13-25-52(54)62-51)57-59-55(36-16-5-2-6-17-36)58-56(60-57)39-26-29-43-42-20-9-12-24-50(42)63-53(43)34-39/h1-34H. The van der Waals surface area contributed by atoms with E-state index >= 15 is 0 Å². The Balaban J connectivity index is 0.987. The first-order valence-electron chi connectivity index (χ1n) is 21.1. The van der Waals surface area contributed by atoms with Crippen LogP contribution in [0.25, 0.3) is 128 Å². The highest BCUT2D eigenvalue weighted by molar-refractivity contribution is 6.14. The number of aromatic nitrogens is 4. The van der Waals surface area contributed by atoms with E-state index in [1.165, 1.54) is 21.9 Å². The van der Waals surface area contributed by atoms with E-state index in [1.54, 1.807) is 0 Å². The van der Waals surface area contributed by atoms with Crippen molar-refractivity contribution in [1.29, 1.82) is 0 Å². The maximum Gasteiger partial charge on any atom is 0.164 e. The van der Waals surface area contributed by atoms with Crippen LogP contribution in [0.1, 0.15) is 0 Å². The smallest absolute Gasteiger partial charge is 0.164 e. The fourth-order valence-electron chi connectivity index (χ4n) is 9.34. The van der Waals surface area contributed by atoms with Crippen LogP contribution in [0.2, 0.25) is 0 Å². The fraction of sp³-hybridized carbons (Fsp3) is 0. The van der Waals surface area contributed by atoms with Gasteiger partial charge in [-0.25, -0.2) is 15.0 Å². The van der Waals surface area contributed by atoms with Gasteiger partial charge in [-0.2, -0.15) is 0 Å². The van der Waals surface area contributed by atoms with Gasteiger partial charge in [0, 0.05) is 54.6 Å². The van der Waals surface area contributed by atoms with Crippen LogP contribution in [0.15, 0.2) is 215 Å². The number of furan rings is 2. The Morgan fingerprint density at radius 2 is 0.889 bits per heavy atom. The lowest BCUT2D eigenvalue weighted by Gasteiger charge is -2.14. The molecule has 0 unspecified atom stereocenters. The average molecular weight is 807 g/mol. The molecule has 0 aliphatic heterocycles. The van der Waals surface area contributed by atoms with Crippen LogP contribution < -0.4 is 0 Å². The molecular formula is C57H34N4O2. The van der Waals surface area contributed by atoms with Gasteiger partial charge in [0.05, 0.1) is 16.7 Å². The van der Waals surface area contributed by atoms with Crippen molar-refractivity contribution in [3.8, 4) is 62.1 Å². The lowest BCUT2D eigenvalue weighted by molar-refractivity contribution is 0.668. The van der Waals surface area contributed by atoms with Crippen molar-refractivity contribution in [2.45, 2.75) is 0 Å². The Kier molecular flexibility index (Phi) is 7.80. The molecule has 63 heavy (non-hydrogen) atoms. The second-order valence-corrected chi connectivity index (χ2v) is 15.9. The molecule has 13 rings (SSSR count). The van der Waals surface area contributed by atoms with Crippen LogP contribution in [0.5, 0.6) is 0 Å². The SMILES string of the molecule is c1ccc(-c2ccc3c(c2)c2ccccc2n3-c2ccccc2-c2ccc3oc4cccc(-c5nc(-c6ccccc6)nc(-c6ccc7c(c6)oc6ccccc67)n5)c4c3c2)cc1. The summed E-state index contributed by atoms with van der Waals surface area (Å²) in [6.45, 7) is 0. The van der Waals surface area contributed by atoms with Crippen molar-refractivity contribution in [2.75, 3.05) is 0 Å². The summed E-state index contributed by atoms with van der Waals surface area (Å²) in [4.78, 5) is 15.4. The largest absolute Gasteiger partial charge is 0.456 e. The molecule has 0 bridgehead atoms. The van der Waals surface area contributed by atoms with Crippen LogP contribution in [0.4, 0.5) is 0 Å². The second-order valence-electron chi connectivity index (χ2n) is 15.9. The number of hydrogen-bond acceptors (Lipinski definition) is 5. The molecule has 0 saturated heterocycles. The van der Waals surface area contributed by atoms with Gasteiger partial charge in [-0.3, -0.25) is 0 Å². The maximum absolute atomic E-state index is 6.59. The molecule has 0 amide bonds. The quantitative estimate of drug-likeness (QED) is 0.167. The highest BCUT2D eigenvalue weighted by Gasteiger charge is 2.21. The van der Waals surface area contributed by atoms with Crippen molar-refractivity contribution < 1.29 is 8.83 Å². The minimum absolute atomic E-state index is 0.558. The fourth-order valence-corrected chi connectivity index (χ4v) is 9.34. The van der Waals surface area contributed by atoms with Gasteiger partial charge in [0.2, 0.25) is 0 Å². The summed E-state index contributed by atoms with van der Waals surface area (Å²) in [5.41, 5.74) is 13.8. The van der Waals surface area contributed by atoms with E-state index in [4.69, 9.17) is 23.8 Å². The van der Waals surface area contributed by atoms with Crippen molar-refractivity contribution >= 4 is 65.7 Å². The zero-order valence-electron chi connectivity index (χ0n) is 33.7. The maximum atomic E-state index is 6.59. The predicted molar refractivity (Wildman–Crippen MR) is 256 cm³/mol. The highest BCUT2D eigenvalue weighted by atomic mass is 16.3. The van der Waals surface area contributed by atoms with Crippen molar-refractivity contribution in [1.82, 2.24) is 19.5 Å². The van der Waals surface area contributed by atoms with Gasteiger partial charge in [-0.05, 0) is 77.4 Å². The number of fused-ring (bicyclic) bond motifs is 9. The van der Waals surface area contributed by atoms with E-state index in [0.717, 1.165) is 88.4 Å². The molecule has 0 N–H and O–H groups in total. The van der Waals surface area contributed by atoms with Crippen LogP contribution >= 0.6 is 0 Å². The molecule has 294 valence electrons. The number of para-hydroxylation sites is 3. The van der Waals surface area contributed by atoms with Gasteiger partial charge in [-0.1, -0.05) is 146 Å². The van der Waals surface area contributed by atoms with Gasteiger partial charge in [-0.15, -0.1) is 0 Å². The topological polar surface area (TPSA) is 69.9 Å². The summed E-state index contributed by atoms with van der Waals surface area (Å²) in [7, 11) is 0. The first kappa shape index (κ1) is 35.2. The van der Waals surface area contributed by atoms with E-state index in [1.807, 2.05) is 66.7 Å². The summed E-state index contributed by atoms with van der Waals surface area (Å²) in [6.07, 6.45) is 0. The van der Waals surface area contributed by atoms with Gasteiger partial charge < -0.3 is 13.4 Å². The zero-order valence-corrected chi connectivity index (χ0v) is 33.7. The molecule has 0 fully saturated rings. The highest BCUT2D eigenvalue weighted by Crippen LogP contribution is 2.42. The summed E-state index contributed by atoms with van der Waals surface area (Å²) in [6, 6.07) is 71.7. The van der Waals surface area contributed by atoms with E-state index in [-0.39, 0.29) is 0 Å². The average Bonchev–Trinajstić information content (AvgIpc) is 4.03. The summed E-state index contributed by atoms with van der Waals surface area (Å²) in [5.74, 6) is 1.70. The molecule has 4 aromatic heterocycles. The van der Waals surface area contributed by atoms with Crippen molar-refractivity contribution in [3.63, 3.8) is 0 Å². The molecule has 6 heteroatoms. The minimum Gasteiger partial charge on any atom is -0.456 e. The molecule has 0 radical (unpaired) electrons. The normalized spacial score (nSPS) is 11.8. The van der Waals surface area contributed by atoms with Gasteiger partial charge >= 0.3 is 0 Å². The summed E-state index contributed by atoms with van der Waals surface area (Å²) < 4.78 is 15.3. The number of nitrogens with zero attached hydrogens (tertiary/aromatic N) is 4. The van der Waals surface area contributed by atoms with E-state index < -0.39 is 0 Å². The van der Waals surface area contributed by atoms with Crippen molar-refractivity contribution in [3.05, 3.63) is 206 Å². The molecule has 0 aliphatic rings. The molecule has 4 heterocycles. The molecule has 0 saturated carbocycles. The van der Waals surface area contributed by atoms with E-state index in [9.17, 15) is 0 Å². The number of benzene rings is 9. The first-order valence-corrected chi connectivity index (χ1v) is 21.1. The van der Waals surface area contributed by atoms with Crippen LogP contribution in [-0.4, -0.2) is 19.5 Å². The number of hydrogen-bond donors (Lipinski definition) is 0. The third-order valence-corrected chi connectivity index (χ3v) is 12.3. The third kappa shape index (κ3) is 5.69. The lowest BCUT2D eigenvalue weighted by Crippen LogP contribution is -2.00. The Bertz CT molecular complexity index is 3920. The van der Waals surface area contributed by atoms with E-state index in [0.29, 0.717) is 17.5 Å². The van der Waals surface area contributed by atoms with E-state index in [2.05, 4.69) is 144 Å². The Morgan fingerprint density at radius 1 is 0.302 bits per heavy atom. The Labute approximate surface area is 361 Å². The van der Waals surface area contributed by atoms with Gasteiger partial charge in [0.25, 0.3) is 0 Å². The Morgan fingerprint density at radius 3 is 1.76 bits per heavy atom. The monoisotopic (exact) mass is 806 g/mol. The Hall–Kier alpha value is -8.61. The van der Waals surface area contributed by atoms with Crippen LogP contribution in [-0.2, 0) is 0 Å². The summed E-state index contributed by atoms with van der Waals surface area (Å²) >= 11 is 0. The molecule has 0 spiro atoms. The molecule has 6 nitrogen and oxygen atoms in total. The molecule has 9 aromatic carbocycles. The minimum atomic E-state index is 0.558. The van der Waals surface area contributed by atoms with Crippen molar-refractivity contribution in [2.24, 2.45) is 0 Å². The lowest BCUT2D eigenvalue weighted by atomic mass is 9.99. The van der Waals surface area contributed by atoms with Crippen LogP contribution in [0.3, 0.4) is 0 Å². The molecular weight excluding hydrogens is 773 g/mol. The summed E-state index contributed by atoms with van der Waals surface area (Å²) in [5, 5.41) is 6.48. The third-order valence-electron chi connectivity index (χ3n) is 12.3. The van der Waals surface area contributed by atoms with Crippen LogP contribution in [0, 0.1) is 0 Å². The first-order chi connectivity index (χ1) is 31.2. The molecule has 0 aliphatic carbocycles. The van der Waals surface area contributed by atoms with Gasteiger partial charge in [0.15, 0.2) is 17.5 Å². The second kappa shape index (κ2) is 14.0. The predicted octanol–water partition coefficient (Wildman–Crippen LogP) is 15.1. The zero-order chi connectivity index (χ0) is 41.4. The molecule has 0 atom stereocenters. The number of rotatable bonds is 6.